The van der Waals surface area contributed by atoms with Gasteiger partial charge in [-0.25, -0.2) is 9.97 Å². The van der Waals surface area contributed by atoms with Gasteiger partial charge >= 0.3 is 0 Å². The molecule has 0 saturated heterocycles. The molecule has 1 amide bonds. The van der Waals surface area contributed by atoms with Crippen molar-refractivity contribution >= 4 is 29.2 Å². The third kappa shape index (κ3) is 3.54. The molecule has 4 rings (SSSR count). The van der Waals surface area contributed by atoms with Gasteiger partial charge in [0.2, 0.25) is 11.9 Å². The molecule has 0 N–H and O–H groups in total. The predicted molar refractivity (Wildman–Crippen MR) is 116 cm³/mol. The molecule has 29 heavy (non-hydrogen) atoms. The lowest BCUT2D eigenvalue weighted by molar-refractivity contribution is -0.125. The van der Waals surface area contributed by atoms with Gasteiger partial charge in [-0.05, 0) is 45.7 Å². The number of carbonyl (C=O) groups is 1. The molecule has 0 atom stereocenters. The minimum atomic E-state index is -0.483. The maximum atomic E-state index is 13.1. The van der Waals surface area contributed by atoms with Crippen LogP contribution in [0.15, 0.2) is 30.6 Å². The summed E-state index contributed by atoms with van der Waals surface area (Å²) in [6, 6.07) is 6.25. The van der Waals surface area contributed by atoms with Crippen molar-refractivity contribution in [3.8, 4) is 0 Å². The molecule has 1 fully saturated rings. The van der Waals surface area contributed by atoms with E-state index in [1.165, 1.54) is 12.8 Å². The number of fused-ring (bicyclic) bond motifs is 1. The van der Waals surface area contributed by atoms with Crippen molar-refractivity contribution in [1.82, 2.24) is 15.0 Å². The lowest BCUT2D eigenvalue weighted by atomic mass is 9.91. The highest BCUT2D eigenvalue weighted by molar-refractivity contribution is 6.00. The molecule has 2 aromatic rings. The number of amides is 1. The number of nitrogens with zero attached hydrogens (tertiary/aromatic N) is 6. The maximum Gasteiger partial charge on any atom is 0.234 e. The molecule has 1 aliphatic carbocycles. The molecule has 2 aromatic heterocycles. The van der Waals surface area contributed by atoms with Crippen molar-refractivity contribution in [1.29, 1.82) is 0 Å². The summed E-state index contributed by atoms with van der Waals surface area (Å²) in [6.07, 6.45) is 8.32. The zero-order valence-corrected chi connectivity index (χ0v) is 17.8. The second-order valence-corrected chi connectivity index (χ2v) is 8.63. The summed E-state index contributed by atoms with van der Waals surface area (Å²) in [5.41, 5.74) is 0.303. The average Bonchev–Trinajstić information content (AvgIpc) is 3.25. The van der Waals surface area contributed by atoms with Crippen LogP contribution < -0.4 is 14.7 Å². The number of aromatic nitrogens is 3. The summed E-state index contributed by atoms with van der Waals surface area (Å²) >= 11 is 0. The molecule has 0 bridgehead atoms. The molecule has 1 saturated carbocycles. The Labute approximate surface area is 172 Å². The third-order valence-electron chi connectivity index (χ3n) is 6.07. The standard InChI is InChI=1S/C22H30N6O/c1-5-27(18-12-8-9-13-23-18)21-24-14-17-19(25-21)28(16-10-6-7-11-16)15-22(2,3)20(29)26(17)4/h8-9,12-14,16H,5-7,10-11,15H2,1-4H3. The van der Waals surface area contributed by atoms with Gasteiger partial charge in [0.25, 0.3) is 0 Å². The first-order valence-electron chi connectivity index (χ1n) is 10.5. The second kappa shape index (κ2) is 7.61. The first-order valence-corrected chi connectivity index (χ1v) is 10.5. The fourth-order valence-electron chi connectivity index (χ4n) is 4.50. The van der Waals surface area contributed by atoms with E-state index in [4.69, 9.17) is 4.98 Å². The van der Waals surface area contributed by atoms with Crippen LogP contribution in [0.5, 0.6) is 0 Å². The summed E-state index contributed by atoms with van der Waals surface area (Å²) in [7, 11) is 1.83. The molecule has 2 aliphatic rings. The number of hydrogen-bond acceptors (Lipinski definition) is 6. The molecule has 1 aliphatic heterocycles. The molecule has 3 heterocycles. The Morgan fingerprint density at radius 1 is 1.21 bits per heavy atom. The minimum absolute atomic E-state index is 0.104. The van der Waals surface area contributed by atoms with E-state index in [1.807, 2.05) is 44.0 Å². The molecule has 154 valence electrons. The number of pyridine rings is 1. The van der Waals surface area contributed by atoms with Gasteiger partial charge in [0.1, 0.15) is 11.5 Å². The Morgan fingerprint density at radius 3 is 2.62 bits per heavy atom. The van der Waals surface area contributed by atoms with E-state index in [2.05, 4.69) is 21.8 Å². The first-order chi connectivity index (χ1) is 13.9. The van der Waals surface area contributed by atoms with Crippen LogP contribution in [-0.4, -0.2) is 47.0 Å². The van der Waals surface area contributed by atoms with Crippen LogP contribution in [0.2, 0.25) is 0 Å². The zero-order valence-electron chi connectivity index (χ0n) is 17.8. The van der Waals surface area contributed by atoms with Gasteiger partial charge in [0, 0.05) is 32.4 Å². The van der Waals surface area contributed by atoms with Crippen LogP contribution in [0, 0.1) is 5.41 Å². The van der Waals surface area contributed by atoms with Gasteiger partial charge in [-0.2, -0.15) is 4.98 Å². The highest BCUT2D eigenvalue weighted by Crippen LogP contribution is 2.40. The van der Waals surface area contributed by atoms with Crippen molar-refractivity contribution in [2.45, 2.75) is 52.5 Å². The quantitative estimate of drug-likeness (QED) is 0.786. The second-order valence-electron chi connectivity index (χ2n) is 8.63. The Balaban J connectivity index is 1.82. The average molecular weight is 395 g/mol. The summed E-state index contributed by atoms with van der Waals surface area (Å²) in [5.74, 6) is 2.40. The van der Waals surface area contributed by atoms with E-state index >= 15 is 0 Å². The molecule has 0 radical (unpaired) electrons. The van der Waals surface area contributed by atoms with E-state index in [0.717, 1.165) is 30.2 Å². The van der Waals surface area contributed by atoms with Crippen LogP contribution in [0.1, 0.15) is 46.5 Å². The lowest BCUT2D eigenvalue weighted by Crippen LogP contribution is -2.45. The van der Waals surface area contributed by atoms with Crippen LogP contribution >= 0.6 is 0 Å². The minimum Gasteiger partial charge on any atom is -0.351 e. The molecule has 7 heteroatoms. The van der Waals surface area contributed by atoms with Crippen LogP contribution in [-0.2, 0) is 4.79 Å². The number of carbonyl (C=O) groups excluding carboxylic acids is 1. The Hall–Kier alpha value is -2.70. The smallest absolute Gasteiger partial charge is 0.234 e. The summed E-state index contributed by atoms with van der Waals surface area (Å²) in [6.45, 7) is 7.50. The van der Waals surface area contributed by atoms with Crippen molar-refractivity contribution in [2.75, 3.05) is 34.8 Å². The molecule has 7 nitrogen and oxygen atoms in total. The van der Waals surface area contributed by atoms with E-state index in [9.17, 15) is 4.79 Å². The van der Waals surface area contributed by atoms with Gasteiger partial charge in [-0.3, -0.25) is 9.69 Å². The number of anilines is 4. The highest BCUT2D eigenvalue weighted by atomic mass is 16.2. The topological polar surface area (TPSA) is 65.5 Å². The SMILES string of the molecule is CCN(c1ccccn1)c1ncc2c(n1)N(C1CCCC1)CC(C)(C)C(=O)N2C. The monoisotopic (exact) mass is 394 g/mol. The Kier molecular flexibility index (Phi) is 5.15. The van der Waals surface area contributed by atoms with Crippen molar-refractivity contribution in [3.05, 3.63) is 30.6 Å². The van der Waals surface area contributed by atoms with E-state index in [0.29, 0.717) is 25.1 Å². The largest absolute Gasteiger partial charge is 0.351 e. The maximum absolute atomic E-state index is 13.1. The first kappa shape index (κ1) is 19.6. The fourth-order valence-corrected chi connectivity index (χ4v) is 4.50. The van der Waals surface area contributed by atoms with Crippen molar-refractivity contribution in [3.63, 3.8) is 0 Å². The van der Waals surface area contributed by atoms with Crippen molar-refractivity contribution in [2.24, 2.45) is 5.41 Å². The molecular weight excluding hydrogens is 364 g/mol. The van der Waals surface area contributed by atoms with Crippen LogP contribution in [0.25, 0.3) is 0 Å². The van der Waals surface area contributed by atoms with Gasteiger partial charge in [0.15, 0.2) is 5.82 Å². The molecular formula is C22H30N6O. The summed E-state index contributed by atoms with van der Waals surface area (Å²) < 4.78 is 0. The molecule has 0 spiro atoms. The Morgan fingerprint density at radius 2 is 1.97 bits per heavy atom. The summed E-state index contributed by atoms with van der Waals surface area (Å²) in [4.78, 5) is 33.3. The highest BCUT2D eigenvalue weighted by Gasteiger charge is 2.41. The van der Waals surface area contributed by atoms with Gasteiger partial charge in [0.05, 0.1) is 11.6 Å². The Bertz CT molecular complexity index is 878. The van der Waals surface area contributed by atoms with E-state index < -0.39 is 5.41 Å². The van der Waals surface area contributed by atoms with Gasteiger partial charge in [-0.15, -0.1) is 0 Å². The van der Waals surface area contributed by atoms with Crippen LogP contribution in [0.3, 0.4) is 0 Å². The lowest BCUT2D eigenvalue weighted by Gasteiger charge is -2.34. The fraction of sp³-hybridized carbons (Fsp3) is 0.545. The summed E-state index contributed by atoms with van der Waals surface area (Å²) in [5, 5.41) is 0. The molecule has 0 aromatic carbocycles. The zero-order chi connectivity index (χ0) is 20.6. The third-order valence-corrected chi connectivity index (χ3v) is 6.07. The van der Waals surface area contributed by atoms with Gasteiger partial charge < -0.3 is 9.80 Å². The van der Waals surface area contributed by atoms with E-state index in [-0.39, 0.29) is 5.91 Å². The number of rotatable bonds is 4. The van der Waals surface area contributed by atoms with E-state index in [1.54, 1.807) is 17.3 Å². The van der Waals surface area contributed by atoms with Crippen LogP contribution in [0.4, 0.5) is 23.3 Å². The molecule has 0 unspecified atom stereocenters. The van der Waals surface area contributed by atoms with Crippen molar-refractivity contribution < 1.29 is 4.79 Å². The number of hydrogen-bond donors (Lipinski definition) is 0. The van der Waals surface area contributed by atoms with Gasteiger partial charge in [-0.1, -0.05) is 18.9 Å². The normalized spacial score (nSPS) is 19.2. The predicted octanol–water partition coefficient (Wildman–Crippen LogP) is 3.78.